The highest BCUT2D eigenvalue weighted by Gasteiger charge is 2.41. The number of carbonyl (C=O) groups is 1. The summed E-state index contributed by atoms with van der Waals surface area (Å²) in [4.78, 5) is 12.7. The van der Waals surface area contributed by atoms with Crippen LogP contribution >= 0.6 is 0 Å². The summed E-state index contributed by atoms with van der Waals surface area (Å²) in [6, 6.07) is 0. The molecular weight excluding hydrogens is 156 g/mol. The highest BCUT2D eigenvalue weighted by molar-refractivity contribution is 5.80. The minimum Gasteiger partial charge on any atom is -0.326 e. The summed E-state index contributed by atoms with van der Waals surface area (Å²) in [6.45, 7) is 6.10. The van der Waals surface area contributed by atoms with E-state index in [4.69, 9.17) is 0 Å². The third-order valence-corrected chi connectivity index (χ3v) is 2.11. The molecule has 0 spiro atoms. The molecule has 0 aromatic rings. The van der Waals surface area contributed by atoms with Crippen LogP contribution in [0.15, 0.2) is 0 Å². The van der Waals surface area contributed by atoms with E-state index >= 15 is 0 Å². The first-order valence-electron chi connectivity index (χ1n) is 4.05. The second kappa shape index (κ2) is 2.71. The lowest BCUT2D eigenvalue weighted by molar-refractivity contribution is -0.154. The van der Waals surface area contributed by atoms with Gasteiger partial charge < -0.3 is 10.1 Å². The van der Waals surface area contributed by atoms with Crippen molar-refractivity contribution in [3.63, 3.8) is 0 Å². The molecule has 1 aliphatic rings. The van der Waals surface area contributed by atoms with E-state index in [1.54, 1.807) is 11.9 Å². The first-order chi connectivity index (χ1) is 5.34. The number of likely N-dealkylation sites (N-methyl/N-ethyl adjacent to an activating group) is 1. The van der Waals surface area contributed by atoms with Crippen LogP contribution in [-0.4, -0.2) is 40.8 Å². The van der Waals surface area contributed by atoms with Crippen LogP contribution in [0.5, 0.6) is 0 Å². The maximum absolute atomic E-state index is 11.2. The largest absolute Gasteiger partial charge is 0.326 e. The van der Waals surface area contributed by atoms with E-state index in [9.17, 15) is 10.0 Å². The van der Waals surface area contributed by atoms with Gasteiger partial charge in [-0.05, 0) is 5.41 Å². The smallest absolute Gasteiger partial charge is 0.240 e. The molecule has 12 heavy (non-hydrogen) atoms. The Morgan fingerprint density at radius 2 is 2.00 bits per heavy atom. The molecular formula is C8H16N2O2. The fraction of sp³-hybridized carbons (Fsp3) is 0.875. The molecule has 1 N–H and O–H groups in total. The zero-order valence-electron chi connectivity index (χ0n) is 8.03. The van der Waals surface area contributed by atoms with E-state index < -0.39 is 0 Å². The molecule has 4 nitrogen and oxygen atoms in total. The van der Waals surface area contributed by atoms with Crippen molar-refractivity contribution in [1.29, 1.82) is 0 Å². The summed E-state index contributed by atoms with van der Waals surface area (Å²) < 4.78 is 0. The van der Waals surface area contributed by atoms with Gasteiger partial charge in [-0.1, -0.05) is 20.8 Å². The van der Waals surface area contributed by atoms with Gasteiger partial charge in [-0.2, -0.15) is 5.06 Å². The van der Waals surface area contributed by atoms with Crippen LogP contribution in [0.2, 0.25) is 0 Å². The number of hydrogen-bond donors (Lipinski definition) is 1. The van der Waals surface area contributed by atoms with Crippen LogP contribution in [0, 0.1) is 5.41 Å². The maximum Gasteiger partial charge on any atom is 0.240 e. The molecule has 0 bridgehead atoms. The molecule has 1 heterocycles. The first-order valence-corrected chi connectivity index (χ1v) is 4.05. The molecule has 0 aliphatic carbocycles. The molecule has 0 aromatic heterocycles. The van der Waals surface area contributed by atoms with E-state index in [0.29, 0.717) is 0 Å². The van der Waals surface area contributed by atoms with Crippen LogP contribution < -0.4 is 0 Å². The fourth-order valence-corrected chi connectivity index (χ4v) is 1.70. The maximum atomic E-state index is 11.2. The summed E-state index contributed by atoms with van der Waals surface area (Å²) in [5.41, 5.74) is -0.115. The zero-order chi connectivity index (χ0) is 9.52. The molecule has 1 amide bonds. The molecule has 70 valence electrons. The van der Waals surface area contributed by atoms with Crippen LogP contribution in [0.25, 0.3) is 0 Å². The summed E-state index contributed by atoms with van der Waals surface area (Å²) in [5.74, 6) is -0.0302. The van der Waals surface area contributed by atoms with Crippen molar-refractivity contribution in [2.24, 2.45) is 5.41 Å². The Balaban J connectivity index is 2.84. The predicted molar refractivity (Wildman–Crippen MR) is 44.5 cm³/mol. The number of rotatable bonds is 0. The Morgan fingerprint density at radius 1 is 1.50 bits per heavy atom. The summed E-state index contributed by atoms with van der Waals surface area (Å²) in [7, 11) is 1.72. The Morgan fingerprint density at radius 3 is 2.17 bits per heavy atom. The van der Waals surface area contributed by atoms with Gasteiger partial charge >= 0.3 is 0 Å². The zero-order valence-corrected chi connectivity index (χ0v) is 8.03. The number of carbonyl (C=O) groups excluding carboxylic acids is 1. The Bertz CT molecular complexity index is 198. The number of amides is 1. The van der Waals surface area contributed by atoms with Crippen molar-refractivity contribution < 1.29 is 10.0 Å². The molecule has 1 saturated heterocycles. The SMILES string of the molecule is CN1C(=O)CN(O)[C@H]1C(C)(C)C. The van der Waals surface area contributed by atoms with Crippen LogP contribution in [0.3, 0.4) is 0 Å². The monoisotopic (exact) mass is 172 g/mol. The van der Waals surface area contributed by atoms with Crippen molar-refractivity contribution in [3.05, 3.63) is 0 Å². The van der Waals surface area contributed by atoms with Gasteiger partial charge in [0, 0.05) is 7.05 Å². The Labute approximate surface area is 72.7 Å². The normalized spacial score (nSPS) is 26.9. The minimum absolute atomic E-state index is 0.0302. The highest BCUT2D eigenvalue weighted by Crippen LogP contribution is 2.28. The second-order valence-electron chi connectivity index (χ2n) is 4.34. The highest BCUT2D eigenvalue weighted by atomic mass is 16.5. The van der Waals surface area contributed by atoms with E-state index in [-0.39, 0.29) is 24.0 Å². The lowest BCUT2D eigenvalue weighted by Gasteiger charge is -2.34. The van der Waals surface area contributed by atoms with Crippen molar-refractivity contribution in [3.8, 4) is 0 Å². The molecule has 1 rings (SSSR count). The number of nitrogens with zero attached hydrogens (tertiary/aromatic N) is 2. The van der Waals surface area contributed by atoms with Gasteiger partial charge in [0.1, 0.15) is 12.7 Å². The lowest BCUT2D eigenvalue weighted by Crippen LogP contribution is -2.45. The van der Waals surface area contributed by atoms with Gasteiger partial charge in [-0.15, -0.1) is 0 Å². The summed E-state index contributed by atoms with van der Waals surface area (Å²) >= 11 is 0. The van der Waals surface area contributed by atoms with Gasteiger partial charge in [0.2, 0.25) is 5.91 Å². The number of hydrogen-bond acceptors (Lipinski definition) is 3. The van der Waals surface area contributed by atoms with E-state index in [1.807, 2.05) is 20.8 Å². The van der Waals surface area contributed by atoms with Crippen molar-refractivity contribution in [2.75, 3.05) is 13.6 Å². The molecule has 4 heteroatoms. The molecule has 0 unspecified atom stereocenters. The third-order valence-electron chi connectivity index (χ3n) is 2.11. The average Bonchev–Trinajstić information content (AvgIpc) is 2.05. The summed E-state index contributed by atoms with van der Waals surface area (Å²) in [6.07, 6.45) is -0.204. The first kappa shape index (κ1) is 9.48. The lowest BCUT2D eigenvalue weighted by atomic mass is 9.92. The van der Waals surface area contributed by atoms with Gasteiger partial charge in [0.25, 0.3) is 0 Å². The van der Waals surface area contributed by atoms with E-state index in [1.165, 1.54) is 0 Å². The average molecular weight is 172 g/mol. The molecule has 1 aliphatic heterocycles. The van der Waals surface area contributed by atoms with Crippen LogP contribution in [0.1, 0.15) is 20.8 Å². The molecule has 0 saturated carbocycles. The minimum atomic E-state index is -0.204. The molecule has 1 atom stereocenters. The second-order valence-corrected chi connectivity index (χ2v) is 4.34. The van der Waals surface area contributed by atoms with E-state index in [0.717, 1.165) is 5.06 Å². The number of hydroxylamine groups is 2. The molecule has 1 fully saturated rings. The van der Waals surface area contributed by atoms with Crippen molar-refractivity contribution >= 4 is 5.91 Å². The summed E-state index contributed by atoms with van der Waals surface area (Å²) in [5, 5.41) is 10.5. The van der Waals surface area contributed by atoms with Crippen LogP contribution in [-0.2, 0) is 4.79 Å². The molecule has 0 radical (unpaired) electrons. The Kier molecular flexibility index (Phi) is 2.14. The predicted octanol–water partition coefficient (Wildman–Crippen LogP) is 0.522. The van der Waals surface area contributed by atoms with Crippen LogP contribution in [0.4, 0.5) is 0 Å². The molecule has 0 aromatic carbocycles. The van der Waals surface area contributed by atoms with Gasteiger partial charge in [0.15, 0.2) is 0 Å². The van der Waals surface area contributed by atoms with Crippen molar-refractivity contribution in [1.82, 2.24) is 9.96 Å². The van der Waals surface area contributed by atoms with Crippen molar-refractivity contribution in [2.45, 2.75) is 26.9 Å². The quantitative estimate of drug-likeness (QED) is 0.579. The Hall–Kier alpha value is -0.610. The topological polar surface area (TPSA) is 43.8 Å². The standard InChI is InChI=1S/C8H16N2O2/c1-8(2,3)7-9(4)6(11)5-10(7)12/h7,12H,5H2,1-4H3/t7-/m0/s1. The van der Waals surface area contributed by atoms with Gasteiger partial charge in [0.05, 0.1) is 0 Å². The van der Waals surface area contributed by atoms with Gasteiger partial charge in [-0.3, -0.25) is 4.79 Å². The van der Waals surface area contributed by atoms with Gasteiger partial charge in [-0.25, -0.2) is 0 Å². The fourth-order valence-electron chi connectivity index (χ4n) is 1.70. The van der Waals surface area contributed by atoms with E-state index in [2.05, 4.69) is 0 Å². The third kappa shape index (κ3) is 1.44.